The zero-order chi connectivity index (χ0) is 22.2. The minimum Gasteiger partial charge on any atom is -0.495 e. The topological polar surface area (TPSA) is 92.7 Å². The number of nitrogen functional groups attached to an aromatic ring is 1. The molecule has 0 radical (unpaired) electrons. The number of anilines is 3. The van der Waals surface area contributed by atoms with Crippen LogP contribution in [0.1, 0.15) is 19.5 Å². The maximum absolute atomic E-state index is 10.3. The van der Waals surface area contributed by atoms with Gasteiger partial charge in [0.05, 0.1) is 24.7 Å². The van der Waals surface area contributed by atoms with E-state index < -0.39 is 5.60 Å². The predicted molar refractivity (Wildman–Crippen MR) is 124 cm³/mol. The molecule has 8 nitrogen and oxygen atoms in total. The summed E-state index contributed by atoms with van der Waals surface area (Å²) in [5.74, 6) is 1.56. The van der Waals surface area contributed by atoms with E-state index in [4.69, 9.17) is 10.5 Å². The van der Waals surface area contributed by atoms with Gasteiger partial charge in [0.15, 0.2) is 0 Å². The second kappa shape index (κ2) is 8.11. The third-order valence-electron chi connectivity index (χ3n) is 5.67. The normalized spacial score (nSPS) is 14.7. The molecule has 3 aromatic rings. The average molecular weight is 423 g/mol. The van der Waals surface area contributed by atoms with Gasteiger partial charge in [0.25, 0.3) is 0 Å². The number of aliphatic hydroxyl groups is 1. The number of hydrogen-bond donors (Lipinski definition) is 2. The summed E-state index contributed by atoms with van der Waals surface area (Å²) in [6.45, 7) is 6.81. The van der Waals surface area contributed by atoms with Gasteiger partial charge in [-0.15, -0.1) is 0 Å². The van der Waals surface area contributed by atoms with E-state index in [9.17, 15) is 5.11 Å². The Morgan fingerprint density at radius 1 is 1.10 bits per heavy atom. The van der Waals surface area contributed by atoms with Crippen LogP contribution in [0.25, 0.3) is 11.1 Å². The SMILES string of the molecule is COc1cc(N2CCN(c3cccc(C(C)(C)O)n3)CC2)c(-c2cnn(C)c2)cc1N. The highest BCUT2D eigenvalue weighted by molar-refractivity contribution is 5.83. The molecule has 3 N–H and O–H groups in total. The molecule has 1 aliphatic rings. The lowest BCUT2D eigenvalue weighted by atomic mass is 10.0. The van der Waals surface area contributed by atoms with Crippen LogP contribution in [0.4, 0.5) is 17.2 Å². The highest BCUT2D eigenvalue weighted by Gasteiger charge is 2.24. The fourth-order valence-electron chi connectivity index (χ4n) is 3.93. The molecule has 8 heteroatoms. The summed E-state index contributed by atoms with van der Waals surface area (Å²) >= 11 is 0. The molecule has 0 spiro atoms. The molecule has 1 aliphatic heterocycles. The maximum atomic E-state index is 10.3. The first-order valence-corrected chi connectivity index (χ1v) is 10.4. The minimum atomic E-state index is -0.961. The lowest BCUT2D eigenvalue weighted by Gasteiger charge is -2.38. The zero-order valence-electron chi connectivity index (χ0n) is 18.5. The first kappa shape index (κ1) is 21.0. The molecule has 1 aromatic carbocycles. The van der Waals surface area contributed by atoms with Gasteiger partial charge < -0.3 is 25.4 Å². The fourth-order valence-corrected chi connectivity index (χ4v) is 3.93. The van der Waals surface area contributed by atoms with Crippen LogP contribution in [-0.4, -0.2) is 53.2 Å². The largest absolute Gasteiger partial charge is 0.495 e. The second-order valence-electron chi connectivity index (χ2n) is 8.43. The van der Waals surface area contributed by atoms with Crippen LogP contribution in [0.3, 0.4) is 0 Å². The van der Waals surface area contributed by atoms with E-state index in [0.717, 1.165) is 48.8 Å². The van der Waals surface area contributed by atoms with E-state index in [1.54, 1.807) is 25.6 Å². The molecule has 164 valence electrons. The number of nitrogens with two attached hydrogens (primary N) is 1. The van der Waals surface area contributed by atoms with Crippen molar-refractivity contribution in [1.29, 1.82) is 0 Å². The molecule has 0 bridgehead atoms. The summed E-state index contributed by atoms with van der Waals surface area (Å²) in [5.41, 5.74) is 9.68. The first-order chi connectivity index (χ1) is 14.8. The van der Waals surface area contributed by atoms with Crippen molar-refractivity contribution in [3.8, 4) is 16.9 Å². The number of nitrogens with zero attached hydrogens (tertiary/aromatic N) is 5. The van der Waals surface area contributed by atoms with E-state index in [1.807, 2.05) is 49.8 Å². The van der Waals surface area contributed by atoms with Crippen LogP contribution in [0.2, 0.25) is 0 Å². The summed E-state index contributed by atoms with van der Waals surface area (Å²) in [5, 5.41) is 14.6. The Bertz CT molecular complexity index is 1060. The Kier molecular flexibility index (Phi) is 5.49. The van der Waals surface area contributed by atoms with Gasteiger partial charge >= 0.3 is 0 Å². The van der Waals surface area contributed by atoms with Crippen molar-refractivity contribution in [3.63, 3.8) is 0 Å². The molecule has 31 heavy (non-hydrogen) atoms. The third kappa shape index (κ3) is 4.29. The molecule has 1 saturated heterocycles. The fraction of sp³-hybridized carbons (Fsp3) is 0.391. The summed E-state index contributed by atoms with van der Waals surface area (Å²) in [7, 11) is 3.54. The highest BCUT2D eigenvalue weighted by atomic mass is 16.5. The van der Waals surface area contributed by atoms with Gasteiger partial charge in [-0.25, -0.2) is 4.98 Å². The number of benzene rings is 1. The monoisotopic (exact) mass is 422 g/mol. The van der Waals surface area contributed by atoms with Crippen LogP contribution in [-0.2, 0) is 12.6 Å². The smallest absolute Gasteiger partial charge is 0.143 e. The average Bonchev–Trinajstić information content (AvgIpc) is 3.19. The van der Waals surface area contributed by atoms with Gasteiger partial charge in [-0.3, -0.25) is 4.68 Å². The number of rotatable bonds is 5. The molecule has 0 amide bonds. The quantitative estimate of drug-likeness (QED) is 0.611. The summed E-state index contributed by atoms with van der Waals surface area (Å²) in [6, 6.07) is 9.79. The number of aryl methyl sites for hydroxylation is 1. The van der Waals surface area contributed by atoms with E-state index in [-0.39, 0.29) is 0 Å². The molecule has 4 rings (SSSR count). The van der Waals surface area contributed by atoms with Gasteiger partial charge in [0, 0.05) is 62.3 Å². The number of piperazine rings is 1. The maximum Gasteiger partial charge on any atom is 0.143 e. The van der Waals surface area contributed by atoms with E-state index in [1.165, 1.54) is 0 Å². The van der Waals surface area contributed by atoms with Crippen molar-refractivity contribution < 1.29 is 9.84 Å². The number of pyridine rings is 1. The molecule has 2 aromatic heterocycles. The molecule has 0 unspecified atom stereocenters. The Labute approximate surface area is 182 Å². The number of methoxy groups -OCH3 is 1. The molecular formula is C23H30N6O2. The van der Waals surface area contributed by atoms with Crippen molar-refractivity contribution in [1.82, 2.24) is 14.8 Å². The Morgan fingerprint density at radius 2 is 1.81 bits per heavy atom. The number of ether oxygens (including phenoxy) is 1. The Hall–Kier alpha value is -3.26. The van der Waals surface area contributed by atoms with E-state index in [2.05, 4.69) is 19.9 Å². The van der Waals surface area contributed by atoms with Crippen LogP contribution in [0.5, 0.6) is 5.75 Å². The van der Waals surface area contributed by atoms with Gasteiger partial charge in [-0.1, -0.05) is 6.07 Å². The van der Waals surface area contributed by atoms with Crippen LogP contribution >= 0.6 is 0 Å². The van der Waals surface area contributed by atoms with Crippen molar-refractivity contribution in [2.75, 3.05) is 48.8 Å². The summed E-state index contributed by atoms with van der Waals surface area (Å²) in [4.78, 5) is 9.28. The second-order valence-corrected chi connectivity index (χ2v) is 8.43. The Balaban J connectivity index is 1.59. The van der Waals surface area contributed by atoms with Crippen molar-refractivity contribution in [3.05, 3.63) is 48.4 Å². The van der Waals surface area contributed by atoms with Crippen molar-refractivity contribution >= 4 is 17.2 Å². The molecule has 0 saturated carbocycles. The van der Waals surface area contributed by atoms with Gasteiger partial charge in [-0.05, 0) is 32.0 Å². The molecule has 0 aliphatic carbocycles. The van der Waals surface area contributed by atoms with Gasteiger partial charge in [-0.2, -0.15) is 5.10 Å². The molecule has 0 atom stereocenters. The molecule has 1 fully saturated rings. The van der Waals surface area contributed by atoms with Gasteiger partial charge in [0.1, 0.15) is 17.2 Å². The number of hydrogen-bond acceptors (Lipinski definition) is 7. The highest BCUT2D eigenvalue weighted by Crippen LogP contribution is 2.38. The molecule has 3 heterocycles. The lowest BCUT2D eigenvalue weighted by Crippen LogP contribution is -2.47. The lowest BCUT2D eigenvalue weighted by molar-refractivity contribution is 0.0739. The van der Waals surface area contributed by atoms with E-state index in [0.29, 0.717) is 17.1 Å². The Morgan fingerprint density at radius 3 is 2.42 bits per heavy atom. The van der Waals surface area contributed by atoms with Gasteiger partial charge in [0.2, 0.25) is 0 Å². The predicted octanol–water partition coefficient (Wildman–Crippen LogP) is 2.63. The van der Waals surface area contributed by atoms with Crippen molar-refractivity contribution in [2.24, 2.45) is 7.05 Å². The minimum absolute atomic E-state index is 0.608. The van der Waals surface area contributed by atoms with Crippen LogP contribution < -0.4 is 20.3 Å². The third-order valence-corrected chi connectivity index (χ3v) is 5.67. The number of aromatic nitrogens is 3. The van der Waals surface area contributed by atoms with Crippen LogP contribution in [0.15, 0.2) is 42.7 Å². The first-order valence-electron chi connectivity index (χ1n) is 10.4. The molecular weight excluding hydrogens is 392 g/mol. The van der Waals surface area contributed by atoms with Crippen LogP contribution in [0, 0.1) is 0 Å². The standard InChI is InChI=1S/C23H30N6O2/c1-23(2,30)21-6-5-7-22(26-21)29-10-8-28(9-11-29)19-13-20(31-4)18(24)12-17(19)16-14-25-27(3)15-16/h5-7,12-15,30H,8-11,24H2,1-4H3. The summed E-state index contributed by atoms with van der Waals surface area (Å²) in [6.07, 6.45) is 3.85. The zero-order valence-corrected chi connectivity index (χ0v) is 18.5. The summed E-state index contributed by atoms with van der Waals surface area (Å²) < 4.78 is 7.28. The van der Waals surface area contributed by atoms with E-state index >= 15 is 0 Å². The van der Waals surface area contributed by atoms with Crippen molar-refractivity contribution in [2.45, 2.75) is 19.4 Å².